The van der Waals surface area contributed by atoms with Crippen molar-refractivity contribution in [2.24, 2.45) is 0 Å². The summed E-state index contributed by atoms with van der Waals surface area (Å²) in [5.74, 6) is -0.00923. The molecule has 0 radical (unpaired) electrons. The Morgan fingerprint density at radius 3 is 0.845 bits per heavy atom. The van der Waals surface area contributed by atoms with Gasteiger partial charge >= 0.3 is 5.97 Å². The first-order chi connectivity index (χ1) is 41.5. The lowest BCUT2D eigenvalue weighted by molar-refractivity contribution is -0.143. The fourth-order valence-corrected chi connectivity index (χ4v) is 12.6. The molecule has 0 aromatic rings. The Hall–Kier alpha value is -1.40. The van der Waals surface area contributed by atoms with E-state index >= 15 is 0 Å². The topological polar surface area (TPSA) is 95.9 Å². The molecule has 0 aromatic carbocycles. The van der Waals surface area contributed by atoms with Crippen LogP contribution in [0.1, 0.15) is 450 Å². The molecule has 84 heavy (non-hydrogen) atoms. The van der Waals surface area contributed by atoms with Crippen LogP contribution in [0.5, 0.6) is 0 Å². The second-order valence-electron chi connectivity index (χ2n) is 27.0. The predicted octanol–water partition coefficient (Wildman–Crippen LogP) is 25.5. The molecule has 0 aliphatic rings. The SMILES string of the molecule is CCCCCCCC/C=C\CCCCCCCCCC(=O)OCCCCCCCCCCCCCCCCCCCCCCCCCCCCCCC(=O)NC(CO)C(O)CCCCCCCCCCCCCCCCCCCCCCCC. The first-order valence-electron chi connectivity index (χ1n) is 38.9. The number of hydrogen-bond acceptors (Lipinski definition) is 5. The summed E-state index contributed by atoms with van der Waals surface area (Å²) in [7, 11) is 0. The average molecular weight is 1190 g/mol. The number of hydrogen-bond donors (Lipinski definition) is 3. The van der Waals surface area contributed by atoms with Crippen molar-refractivity contribution in [3.05, 3.63) is 12.2 Å². The maximum absolute atomic E-state index is 12.6. The van der Waals surface area contributed by atoms with E-state index in [2.05, 4.69) is 31.3 Å². The highest BCUT2D eigenvalue weighted by molar-refractivity contribution is 5.76. The van der Waals surface area contributed by atoms with Crippen LogP contribution in [0.3, 0.4) is 0 Å². The Morgan fingerprint density at radius 2 is 0.560 bits per heavy atom. The number of allylic oxidation sites excluding steroid dienone is 2. The summed E-state index contributed by atoms with van der Waals surface area (Å²) in [6.45, 7) is 5.00. The van der Waals surface area contributed by atoms with E-state index in [-0.39, 0.29) is 18.5 Å². The van der Waals surface area contributed by atoms with Gasteiger partial charge in [-0.1, -0.05) is 398 Å². The number of aliphatic hydroxyl groups is 2. The van der Waals surface area contributed by atoms with E-state index in [9.17, 15) is 19.8 Å². The van der Waals surface area contributed by atoms with Gasteiger partial charge in [-0.3, -0.25) is 9.59 Å². The van der Waals surface area contributed by atoms with Crippen LogP contribution in [0.15, 0.2) is 12.2 Å². The van der Waals surface area contributed by atoms with E-state index in [1.54, 1.807) is 0 Å². The molecule has 0 aromatic heterocycles. The number of esters is 1. The molecule has 0 saturated heterocycles. The highest BCUT2D eigenvalue weighted by atomic mass is 16.5. The lowest BCUT2D eigenvalue weighted by atomic mass is 10.0. The second kappa shape index (κ2) is 74.1. The van der Waals surface area contributed by atoms with Crippen LogP contribution in [-0.2, 0) is 14.3 Å². The van der Waals surface area contributed by atoms with Gasteiger partial charge in [0.1, 0.15) is 0 Å². The molecule has 0 aliphatic heterocycles. The Balaban J connectivity index is 3.34. The molecular formula is C78H153NO5. The minimum absolute atomic E-state index is 0.0169. The molecule has 1 amide bonds. The molecule has 500 valence electrons. The largest absolute Gasteiger partial charge is 0.466 e. The Labute approximate surface area is 527 Å². The minimum Gasteiger partial charge on any atom is -0.466 e. The molecule has 0 rings (SSSR count). The van der Waals surface area contributed by atoms with E-state index < -0.39 is 12.1 Å². The quantitative estimate of drug-likeness (QED) is 0.0320. The third-order valence-corrected chi connectivity index (χ3v) is 18.6. The van der Waals surface area contributed by atoms with Gasteiger partial charge in [0.05, 0.1) is 25.4 Å². The molecular weight excluding hydrogens is 1030 g/mol. The third-order valence-electron chi connectivity index (χ3n) is 18.6. The summed E-state index contributed by atoms with van der Waals surface area (Å²) in [5.41, 5.74) is 0. The zero-order chi connectivity index (χ0) is 60.6. The van der Waals surface area contributed by atoms with E-state index in [1.807, 2.05) is 0 Å². The highest BCUT2D eigenvalue weighted by Crippen LogP contribution is 2.20. The number of carbonyl (C=O) groups excluding carboxylic acids is 2. The van der Waals surface area contributed by atoms with Crippen molar-refractivity contribution >= 4 is 11.9 Å². The minimum atomic E-state index is -0.663. The van der Waals surface area contributed by atoms with Crippen molar-refractivity contribution in [2.45, 2.75) is 463 Å². The van der Waals surface area contributed by atoms with Crippen LogP contribution in [-0.4, -0.2) is 47.4 Å². The van der Waals surface area contributed by atoms with Gasteiger partial charge in [-0.2, -0.15) is 0 Å². The summed E-state index contributed by atoms with van der Waals surface area (Å²) in [5, 5.41) is 23.5. The van der Waals surface area contributed by atoms with Gasteiger partial charge in [0, 0.05) is 12.8 Å². The van der Waals surface area contributed by atoms with Crippen LogP contribution >= 0.6 is 0 Å². The highest BCUT2D eigenvalue weighted by Gasteiger charge is 2.20. The first kappa shape index (κ1) is 82.6. The predicted molar refractivity (Wildman–Crippen MR) is 370 cm³/mol. The molecule has 6 nitrogen and oxygen atoms in total. The smallest absolute Gasteiger partial charge is 0.305 e. The third kappa shape index (κ3) is 69.7. The number of nitrogens with one attached hydrogen (secondary N) is 1. The summed E-state index contributed by atoms with van der Waals surface area (Å²) in [6, 6.07) is -0.540. The Bertz CT molecular complexity index is 1270. The summed E-state index contributed by atoms with van der Waals surface area (Å²) < 4.78 is 5.51. The molecule has 3 N–H and O–H groups in total. The molecule has 0 bridgehead atoms. The number of aliphatic hydroxyl groups excluding tert-OH is 2. The van der Waals surface area contributed by atoms with Crippen molar-refractivity contribution in [3.8, 4) is 0 Å². The Morgan fingerprint density at radius 1 is 0.321 bits per heavy atom. The number of unbranched alkanes of at least 4 members (excludes halogenated alkanes) is 61. The maximum Gasteiger partial charge on any atom is 0.305 e. The molecule has 2 unspecified atom stereocenters. The summed E-state index contributed by atoms with van der Waals surface area (Å²) >= 11 is 0. The number of amides is 1. The Kier molecular flexibility index (Phi) is 72.8. The van der Waals surface area contributed by atoms with Gasteiger partial charge < -0.3 is 20.3 Å². The molecule has 0 fully saturated rings. The van der Waals surface area contributed by atoms with Crippen molar-refractivity contribution < 1.29 is 24.5 Å². The molecule has 0 spiro atoms. The van der Waals surface area contributed by atoms with E-state index in [1.165, 1.54) is 372 Å². The molecule has 0 saturated carbocycles. The fraction of sp³-hybridized carbons (Fsp3) is 0.949. The number of ether oxygens (including phenoxy) is 1. The van der Waals surface area contributed by atoms with Crippen molar-refractivity contribution in [1.82, 2.24) is 5.32 Å². The van der Waals surface area contributed by atoms with E-state index in [4.69, 9.17) is 4.74 Å². The van der Waals surface area contributed by atoms with Gasteiger partial charge in [0.2, 0.25) is 5.91 Å². The van der Waals surface area contributed by atoms with Gasteiger partial charge in [-0.15, -0.1) is 0 Å². The van der Waals surface area contributed by atoms with Gasteiger partial charge in [-0.25, -0.2) is 0 Å². The van der Waals surface area contributed by atoms with Crippen LogP contribution in [0.2, 0.25) is 0 Å². The van der Waals surface area contributed by atoms with Crippen molar-refractivity contribution in [1.29, 1.82) is 0 Å². The maximum atomic E-state index is 12.6. The summed E-state index contributed by atoms with van der Waals surface area (Å²) in [6.07, 6.45) is 92.9. The molecule has 0 heterocycles. The zero-order valence-electron chi connectivity index (χ0n) is 57.4. The molecule has 6 heteroatoms. The van der Waals surface area contributed by atoms with Crippen molar-refractivity contribution in [2.75, 3.05) is 13.2 Å². The normalized spacial score (nSPS) is 12.5. The lowest BCUT2D eigenvalue weighted by Gasteiger charge is -2.22. The van der Waals surface area contributed by atoms with Crippen LogP contribution in [0, 0.1) is 0 Å². The average Bonchev–Trinajstić information content (AvgIpc) is 3.51. The van der Waals surface area contributed by atoms with Crippen LogP contribution in [0.4, 0.5) is 0 Å². The van der Waals surface area contributed by atoms with Crippen LogP contribution in [0.25, 0.3) is 0 Å². The monoisotopic (exact) mass is 1180 g/mol. The summed E-state index contributed by atoms with van der Waals surface area (Å²) in [4.78, 5) is 24.7. The number of carbonyl (C=O) groups is 2. The van der Waals surface area contributed by atoms with E-state index in [0.29, 0.717) is 25.9 Å². The fourth-order valence-electron chi connectivity index (χ4n) is 12.6. The van der Waals surface area contributed by atoms with Gasteiger partial charge in [0.25, 0.3) is 0 Å². The lowest BCUT2D eigenvalue weighted by Crippen LogP contribution is -2.45. The first-order valence-corrected chi connectivity index (χ1v) is 38.9. The molecule has 0 aliphatic carbocycles. The van der Waals surface area contributed by atoms with E-state index in [0.717, 1.165) is 44.9 Å². The second-order valence-corrected chi connectivity index (χ2v) is 27.0. The molecule has 2 atom stereocenters. The zero-order valence-corrected chi connectivity index (χ0v) is 57.4. The van der Waals surface area contributed by atoms with Crippen molar-refractivity contribution in [3.63, 3.8) is 0 Å². The van der Waals surface area contributed by atoms with Gasteiger partial charge in [0.15, 0.2) is 0 Å². The van der Waals surface area contributed by atoms with Gasteiger partial charge in [-0.05, 0) is 51.4 Å². The van der Waals surface area contributed by atoms with Crippen LogP contribution < -0.4 is 5.32 Å². The number of rotatable bonds is 74. The standard InChI is InChI=1S/C78H153NO5/c1-3-5-7-9-11-13-15-17-19-21-22-23-32-35-39-42-46-50-54-58-62-66-70-76(81)75(74-80)79-77(82)71-67-63-59-55-51-47-43-40-36-33-30-28-26-24-25-27-29-31-34-37-41-45-49-53-57-61-65-69-73-84-78(83)72-68-64-60-56-52-48-44-38-20-18-16-14-12-10-8-6-4-2/h18,20,75-76,80-81H,3-17,19,21-74H2,1-2H3,(H,79,82)/b20-18-.